The molecule has 0 radical (unpaired) electrons. The Morgan fingerprint density at radius 3 is 2.28 bits per heavy atom. The van der Waals surface area contributed by atoms with E-state index in [2.05, 4.69) is 0 Å². The monoisotopic (exact) mass is 261 g/mol. The maximum absolute atomic E-state index is 12.8. The van der Waals surface area contributed by atoms with Gasteiger partial charge in [-0.25, -0.2) is 0 Å². The first kappa shape index (κ1) is 14.5. The summed E-state index contributed by atoms with van der Waals surface area (Å²) in [5, 5.41) is 8.57. The van der Waals surface area contributed by atoms with E-state index in [-0.39, 0.29) is 6.42 Å². The van der Waals surface area contributed by atoms with Gasteiger partial charge in [0, 0.05) is 0 Å². The van der Waals surface area contributed by atoms with E-state index in [1.54, 1.807) is 30.3 Å². The van der Waals surface area contributed by atoms with Crippen LogP contribution in [-0.2, 0) is 11.2 Å². The molecule has 0 saturated heterocycles. The van der Waals surface area contributed by atoms with Gasteiger partial charge in [0.15, 0.2) is 0 Å². The first-order valence-corrected chi connectivity index (χ1v) is 5.39. The lowest BCUT2D eigenvalue weighted by molar-refractivity contribution is -0.178. The predicted molar refractivity (Wildman–Crippen MR) is 59.9 cm³/mol. The summed E-state index contributed by atoms with van der Waals surface area (Å²) in [5.74, 6) is -3.16. The van der Waals surface area contributed by atoms with Crippen LogP contribution in [0, 0.1) is 5.92 Å². The van der Waals surface area contributed by atoms with E-state index in [1.165, 1.54) is 0 Å². The third kappa shape index (κ3) is 4.37. The van der Waals surface area contributed by atoms with Crippen molar-refractivity contribution in [2.45, 2.75) is 25.1 Å². The minimum atomic E-state index is -4.46. The minimum absolute atomic E-state index is 0.259. The molecule has 0 saturated carbocycles. The number of hydrogen-bond acceptors (Lipinski definition) is 2. The molecule has 0 amide bonds. The second-order valence-electron chi connectivity index (χ2n) is 4.11. The molecule has 18 heavy (non-hydrogen) atoms. The van der Waals surface area contributed by atoms with Crippen molar-refractivity contribution in [1.29, 1.82) is 0 Å². The number of carboxylic acid groups (broad SMARTS) is 1. The Balaban J connectivity index is 2.77. The number of rotatable bonds is 5. The summed E-state index contributed by atoms with van der Waals surface area (Å²) in [6, 6.07) is 6.63. The number of halogens is 3. The van der Waals surface area contributed by atoms with Crippen LogP contribution < -0.4 is 5.73 Å². The number of benzene rings is 1. The fraction of sp³-hybridized carbons (Fsp3) is 0.417. The number of nitrogens with two attached hydrogens (primary N) is 1. The molecular weight excluding hydrogens is 247 g/mol. The van der Waals surface area contributed by atoms with Gasteiger partial charge in [0.1, 0.15) is 6.04 Å². The van der Waals surface area contributed by atoms with Crippen LogP contribution in [0.4, 0.5) is 13.2 Å². The lowest BCUT2D eigenvalue weighted by Gasteiger charge is -2.22. The highest BCUT2D eigenvalue weighted by atomic mass is 19.4. The Labute approximate surface area is 102 Å². The zero-order valence-corrected chi connectivity index (χ0v) is 9.52. The molecule has 100 valence electrons. The molecule has 0 spiro atoms. The molecule has 3 nitrogen and oxygen atoms in total. The first-order valence-electron chi connectivity index (χ1n) is 5.39. The van der Waals surface area contributed by atoms with Crippen LogP contribution >= 0.6 is 0 Å². The molecule has 1 aromatic rings. The maximum atomic E-state index is 12.8. The molecule has 0 fully saturated rings. The fourth-order valence-electron chi connectivity index (χ4n) is 1.64. The predicted octanol–water partition coefficient (Wildman–Crippen LogP) is 2.21. The van der Waals surface area contributed by atoms with Gasteiger partial charge in [-0.3, -0.25) is 4.79 Å². The Morgan fingerprint density at radius 2 is 1.83 bits per heavy atom. The average Bonchev–Trinajstić information content (AvgIpc) is 2.28. The number of carbonyl (C=O) groups is 1. The molecule has 0 aliphatic rings. The van der Waals surface area contributed by atoms with Crippen LogP contribution in [0.1, 0.15) is 12.0 Å². The van der Waals surface area contributed by atoms with Gasteiger partial charge in [-0.15, -0.1) is 0 Å². The molecule has 3 N–H and O–H groups in total. The third-order valence-electron chi connectivity index (χ3n) is 2.64. The first-order chi connectivity index (χ1) is 8.30. The van der Waals surface area contributed by atoms with Crippen LogP contribution in [0.3, 0.4) is 0 Å². The normalized spacial score (nSPS) is 15.1. The van der Waals surface area contributed by atoms with Crippen molar-refractivity contribution in [3.63, 3.8) is 0 Å². The molecule has 0 aliphatic heterocycles. The summed E-state index contributed by atoms with van der Waals surface area (Å²) in [6.45, 7) is 0. The van der Waals surface area contributed by atoms with Gasteiger partial charge in [-0.05, 0) is 18.4 Å². The molecular formula is C12H14F3NO2. The smallest absolute Gasteiger partial charge is 0.392 e. The van der Waals surface area contributed by atoms with Gasteiger partial charge in [0.2, 0.25) is 0 Å². The van der Waals surface area contributed by atoms with Crippen molar-refractivity contribution in [1.82, 2.24) is 0 Å². The fourth-order valence-corrected chi connectivity index (χ4v) is 1.64. The van der Waals surface area contributed by atoms with Crippen molar-refractivity contribution >= 4 is 5.97 Å². The number of alkyl halides is 3. The summed E-state index contributed by atoms with van der Waals surface area (Å²) in [5.41, 5.74) is 5.68. The standard InChI is InChI=1S/C12H14F3NO2/c13-12(14,15)9(7-10(16)11(17)18)6-8-4-2-1-3-5-8/h1-5,9-10H,6-7,16H2,(H,17,18). The van der Waals surface area contributed by atoms with E-state index in [1.807, 2.05) is 0 Å². The van der Waals surface area contributed by atoms with E-state index in [9.17, 15) is 18.0 Å². The van der Waals surface area contributed by atoms with Gasteiger partial charge >= 0.3 is 12.1 Å². The Hall–Kier alpha value is -1.56. The molecule has 2 unspecified atom stereocenters. The van der Waals surface area contributed by atoms with Crippen LogP contribution in [0.25, 0.3) is 0 Å². The van der Waals surface area contributed by atoms with Gasteiger partial charge in [0.05, 0.1) is 5.92 Å². The molecule has 0 bridgehead atoms. The number of hydrogen-bond donors (Lipinski definition) is 2. The quantitative estimate of drug-likeness (QED) is 0.854. The molecule has 1 rings (SSSR count). The van der Waals surface area contributed by atoms with Gasteiger partial charge in [0.25, 0.3) is 0 Å². The number of carboxylic acids is 1. The summed E-state index contributed by atoms with van der Waals surface area (Å²) in [7, 11) is 0. The van der Waals surface area contributed by atoms with E-state index < -0.39 is 30.5 Å². The van der Waals surface area contributed by atoms with Crippen LogP contribution in [-0.4, -0.2) is 23.3 Å². The Bertz CT molecular complexity index is 392. The zero-order valence-electron chi connectivity index (χ0n) is 9.52. The molecule has 0 heterocycles. The van der Waals surface area contributed by atoms with E-state index in [4.69, 9.17) is 10.8 Å². The van der Waals surface area contributed by atoms with Crippen LogP contribution in [0.5, 0.6) is 0 Å². The highest BCUT2D eigenvalue weighted by Crippen LogP contribution is 2.32. The average molecular weight is 261 g/mol. The summed E-state index contributed by atoms with van der Waals surface area (Å²) >= 11 is 0. The largest absolute Gasteiger partial charge is 0.480 e. The molecule has 6 heteroatoms. The summed E-state index contributed by atoms with van der Waals surface area (Å²) in [4.78, 5) is 10.5. The molecule has 0 aliphatic carbocycles. The van der Waals surface area contributed by atoms with Gasteiger partial charge in [-0.1, -0.05) is 30.3 Å². The second kappa shape index (κ2) is 5.86. The lowest BCUT2D eigenvalue weighted by Crippen LogP contribution is -2.37. The third-order valence-corrected chi connectivity index (χ3v) is 2.64. The molecule has 0 aromatic heterocycles. The summed E-state index contributed by atoms with van der Waals surface area (Å²) in [6.07, 6.45) is -5.33. The van der Waals surface area contributed by atoms with Crippen molar-refractivity contribution in [2.75, 3.05) is 0 Å². The van der Waals surface area contributed by atoms with Gasteiger partial charge in [-0.2, -0.15) is 13.2 Å². The lowest BCUT2D eigenvalue weighted by atomic mass is 9.92. The highest BCUT2D eigenvalue weighted by Gasteiger charge is 2.41. The van der Waals surface area contributed by atoms with E-state index >= 15 is 0 Å². The van der Waals surface area contributed by atoms with Crippen molar-refractivity contribution in [2.24, 2.45) is 11.7 Å². The van der Waals surface area contributed by atoms with Crippen molar-refractivity contribution in [3.8, 4) is 0 Å². The summed E-state index contributed by atoms with van der Waals surface area (Å²) < 4.78 is 38.3. The second-order valence-corrected chi connectivity index (χ2v) is 4.11. The highest BCUT2D eigenvalue weighted by molar-refractivity contribution is 5.73. The topological polar surface area (TPSA) is 63.3 Å². The van der Waals surface area contributed by atoms with Crippen molar-refractivity contribution < 1.29 is 23.1 Å². The Kier molecular flexibility index (Phi) is 4.72. The zero-order chi connectivity index (χ0) is 13.8. The number of aliphatic carboxylic acids is 1. The minimum Gasteiger partial charge on any atom is -0.480 e. The van der Waals surface area contributed by atoms with E-state index in [0.29, 0.717) is 5.56 Å². The molecule has 1 aromatic carbocycles. The van der Waals surface area contributed by atoms with Gasteiger partial charge < -0.3 is 10.8 Å². The van der Waals surface area contributed by atoms with Crippen molar-refractivity contribution in [3.05, 3.63) is 35.9 Å². The SMILES string of the molecule is NC(CC(Cc1ccccc1)C(F)(F)F)C(=O)O. The maximum Gasteiger partial charge on any atom is 0.392 e. The van der Waals surface area contributed by atoms with Crippen LogP contribution in [0.2, 0.25) is 0 Å². The van der Waals surface area contributed by atoms with Crippen LogP contribution in [0.15, 0.2) is 30.3 Å². The Morgan fingerprint density at radius 1 is 1.28 bits per heavy atom. The van der Waals surface area contributed by atoms with E-state index in [0.717, 1.165) is 0 Å². The molecule has 2 atom stereocenters.